The van der Waals surface area contributed by atoms with Gasteiger partial charge in [0.05, 0.1) is 13.2 Å². The first-order valence-electron chi connectivity index (χ1n) is 8.22. The lowest BCUT2D eigenvalue weighted by Gasteiger charge is -2.33. The number of rotatable bonds is 8. The molecular formula is C17H24F2N2O3. The second-order valence-electron chi connectivity index (χ2n) is 5.70. The summed E-state index contributed by atoms with van der Waals surface area (Å²) in [4.78, 5) is 12.0. The van der Waals surface area contributed by atoms with Gasteiger partial charge in [0.25, 0.3) is 0 Å². The Morgan fingerprint density at radius 3 is 2.83 bits per heavy atom. The lowest BCUT2D eigenvalue weighted by molar-refractivity contribution is -0.127. The molecule has 1 aromatic carbocycles. The van der Waals surface area contributed by atoms with E-state index < -0.39 is 11.6 Å². The first kappa shape index (κ1) is 18.8. The number of benzene rings is 1. The van der Waals surface area contributed by atoms with Crippen molar-refractivity contribution in [3.8, 4) is 0 Å². The minimum Gasteiger partial charge on any atom is -0.379 e. The molecule has 0 radical (unpaired) electrons. The van der Waals surface area contributed by atoms with Crippen LogP contribution in [0.5, 0.6) is 0 Å². The number of halogens is 2. The van der Waals surface area contributed by atoms with Crippen LogP contribution in [0, 0.1) is 11.6 Å². The fourth-order valence-electron chi connectivity index (χ4n) is 2.83. The van der Waals surface area contributed by atoms with Crippen LogP contribution in [0.15, 0.2) is 18.2 Å². The summed E-state index contributed by atoms with van der Waals surface area (Å²) in [6.45, 7) is 4.60. The molecule has 2 N–H and O–H groups in total. The van der Waals surface area contributed by atoms with Gasteiger partial charge in [-0.15, -0.1) is 0 Å². The van der Waals surface area contributed by atoms with Gasteiger partial charge in [0.1, 0.15) is 6.61 Å². The molecular weight excluding hydrogens is 318 g/mol. The van der Waals surface area contributed by atoms with Gasteiger partial charge in [0.2, 0.25) is 5.91 Å². The average Bonchev–Trinajstić information content (AvgIpc) is 2.58. The van der Waals surface area contributed by atoms with E-state index in [1.165, 1.54) is 6.07 Å². The Morgan fingerprint density at radius 1 is 1.29 bits per heavy atom. The Hall–Kier alpha value is -1.57. The molecule has 1 heterocycles. The first-order valence-corrected chi connectivity index (χ1v) is 8.22. The fraction of sp³-hybridized carbons (Fsp3) is 0.588. The van der Waals surface area contributed by atoms with Crippen LogP contribution >= 0.6 is 0 Å². The number of piperidine rings is 1. The quantitative estimate of drug-likeness (QED) is 0.704. The van der Waals surface area contributed by atoms with Gasteiger partial charge in [-0.2, -0.15) is 0 Å². The monoisotopic (exact) mass is 342 g/mol. The second kappa shape index (κ2) is 9.66. The van der Waals surface area contributed by atoms with Crippen molar-refractivity contribution in [1.29, 1.82) is 0 Å². The standard InChI is InChI=1S/C17H24F2N2O3/c1-2-23-7-8-24-11-17(22)21-16-10-20-6-5-13(16)12-3-4-14(18)15(19)9-12/h3-4,9,13,16,20H,2,5-8,10-11H2,1H3,(H,21,22). The zero-order chi connectivity index (χ0) is 17.4. The molecule has 2 atom stereocenters. The summed E-state index contributed by atoms with van der Waals surface area (Å²) in [5.74, 6) is -2.02. The van der Waals surface area contributed by atoms with E-state index in [0.717, 1.165) is 19.0 Å². The van der Waals surface area contributed by atoms with Crippen LogP contribution in [0.4, 0.5) is 8.78 Å². The van der Waals surface area contributed by atoms with Crippen LogP contribution in [0.1, 0.15) is 24.8 Å². The summed E-state index contributed by atoms with van der Waals surface area (Å²) in [6.07, 6.45) is 0.737. The highest BCUT2D eigenvalue weighted by atomic mass is 19.2. The summed E-state index contributed by atoms with van der Waals surface area (Å²) < 4.78 is 37.0. The van der Waals surface area contributed by atoms with Crippen LogP contribution < -0.4 is 10.6 Å². The van der Waals surface area contributed by atoms with Crippen molar-refractivity contribution in [2.75, 3.05) is 39.5 Å². The topological polar surface area (TPSA) is 59.6 Å². The predicted molar refractivity (Wildman–Crippen MR) is 85.8 cm³/mol. The molecule has 1 aliphatic heterocycles. The SMILES string of the molecule is CCOCCOCC(=O)NC1CNCCC1c1ccc(F)c(F)c1. The molecule has 0 spiro atoms. The number of carbonyl (C=O) groups is 1. The molecule has 1 amide bonds. The summed E-state index contributed by atoms with van der Waals surface area (Å²) >= 11 is 0. The lowest BCUT2D eigenvalue weighted by Crippen LogP contribution is -2.50. The molecule has 24 heavy (non-hydrogen) atoms. The van der Waals surface area contributed by atoms with Gasteiger partial charge in [0.15, 0.2) is 11.6 Å². The molecule has 5 nitrogen and oxygen atoms in total. The van der Waals surface area contributed by atoms with Crippen molar-refractivity contribution >= 4 is 5.91 Å². The fourth-order valence-corrected chi connectivity index (χ4v) is 2.83. The summed E-state index contributed by atoms with van der Waals surface area (Å²) in [6, 6.07) is 3.73. The van der Waals surface area contributed by atoms with Crippen molar-refractivity contribution in [2.45, 2.75) is 25.3 Å². The normalized spacial score (nSPS) is 20.8. The Balaban J connectivity index is 1.89. The Morgan fingerprint density at radius 2 is 2.08 bits per heavy atom. The molecule has 0 saturated carbocycles. The van der Waals surface area contributed by atoms with Crippen molar-refractivity contribution in [1.82, 2.24) is 10.6 Å². The summed E-state index contributed by atoms with van der Waals surface area (Å²) in [7, 11) is 0. The van der Waals surface area contributed by atoms with E-state index in [9.17, 15) is 13.6 Å². The van der Waals surface area contributed by atoms with Gasteiger partial charge in [-0.1, -0.05) is 6.07 Å². The van der Waals surface area contributed by atoms with Crippen LogP contribution in [-0.4, -0.2) is 51.5 Å². The minimum atomic E-state index is -0.865. The molecule has 1 aliphatic rings. The zero-order valence-corrected chi connectivity index (χ0v) is 13.8. The van der Waals surface area contributed by atoms with E-state index in [-0.39, 0.29) is 24.5 Å². The van der Waals surface area contributed by atoms with E-state index >= 15 is 0 Å². The van der Waals surface area contributed by atoms with E-state index in [1.54, 1.807) is 6.07 Å². The smallest absolute Gasteiger partial charge is 0.246 e. The van der Waals surface area contributed by atoms with Gasteiger partial charge < -0.3 is 20.1 Å². The summed E-state index contributed by atoms with van der Waals surface area (Å²) in [5, 5.41) is 6.12. The molecule has 1 saturated heterocycles. The largest absolute Gasteiger partial charge is 0.379 e. The zero-order valence-electron chi connectivity index (χ0n) is 13.8. The molecule has 0 bridgehead atoms. The summed E-state index contributed by atoms with van der Waals surface area (Å²) in [5.41, 5.74) is 0.693. The predicted octanol–water partition coefficient (Wildman–Crippen LogP) is 1.58. The second-order valence-corrected chi connectivity index (χ2v) is 5.70. The Kier molecular flexibility index (Phi) is 7.55. The number of carbonyl (C=O) groups excluding carboxylic acids is 1. The van der Waals surface area contributed by atoms with Crippen LogP contribution in [0.25, 0.3) is 0 Å². The maximum Gasteiger partial charge on any atom is 0.246 e. The molecule has 2 unspecified atom stereocenters. The third-order valence-electron chi connectivity index (χ3n) is 4.01. The van der Waals surface area contributed by atoms with E-state index in [1.807, 2.05) is 6.92 Å². The molecule has 0 aliphatic carbocycles. The molecule has 0 aromatic heterocycles. The van der Waals surface area contributed by atoms with Crippen LogP contribution in [0.2, 0.25) is 0 Å². The van der Waals surface area contributed by atoms with E-state index in [4.69, 9.17) is 9.47 Å². The van der Waals surface area contributed by atoms with E-state index in [2.05, 4.69) is 10.6 Å². The number of hydrogen-bond acceptors (Lipinski definition) is 4. The van der Waals surface area contributed by atoms with Gasteiger partial charge >= 0.3 is 0 Å². The van der Waals surface area contributed by atoms with Crippen molar-refractivity contribution in [2.24, 2.45) is 0 Å². The van der Waals surface area contributed by atoms with Crippen molar-refractivity contribution < 1.29 is 23.0 Å². The molecule has 1 fully saturated rings. The Labute approximate surface area is 140 Å². The highest BCUT2D eigenvalue weighted by Gasteiger charge is 2.28. The van der Waals surface area contributed by atoms with E-state index in [0.29, 0.717) is 31.9 Å². The third kappa shape index (κ3) is 5.51. The van der Waals surface area contributed by atoms with Gasteiger partial charge in [0, 0.05) is 25.1 Å². The molecule has 2 rings (SSSR count). The van der Waals surface area contributed by atoms with Crippen molar-refractivity contribution in [3.63, 3.8) is 0 Å². The highest BCUT2D eigenvalue weighted by molar-refractivity contribution is 5.77. The first-order chi connectivity index (χ1) is 11.6. The number of hydrogen-bond donors (Lipinski definition) is 2. The lowest BCUT2D eigenvalue weighted by atomic mass is 9.86. The molecule has 7 heteroatoms. The molecule has 134 valence electrons. The maximum atomic E-state index is 13.5. The third-order valence-corrected chi connectivity index (χ3v) is 4.01. The van der Waals surface area contributed by atoms with Crippen molar-refractivity contribution in [3.05, 3.63) is 35.4 Å². The highest BCUT2D eigenvalue weighted by Crippen LogP contribution is 2.26. The van der Waals surface area contributed by atoms with Gasteiger partial charge in [-0.05, 0) is 37.6 Å². The number of amides is 1. The minimum absolute atomic E-state index is 0.0475. The van der Waals surface area contributed by atoms with Crippen LogP contribution in [-0.2, 0) is 14.3 Å². The maximum absolute atomic E-state index is 13.5. The number of ether oxygens (including phenoxy) is 2. The van der Waals surface area contributed by atoms with Gasteiger partial charge in [-0.3, -0.25) is 4.79 Å². The van der Waals surface area contributed by atoms with Gasteiger partial charge in [-0.25, -0.2) is 8.78 Å². The van der Waals surface area contributed by atoms with Crippen LogP contribution in [0.3, 0.4) is 0 Å². The Bertz CT molecular complexity index is 543. The average molecular weight is 342 g/mol. The molecule has 1 aromatic rings. The number of nitrogens with one attached hydrogen (secondary N) is 2.